The van der Waals surface area contributed by atoms with Crippen molar-refractivity contribution in [2.24, 2.45) is 0 Å². The first-order chi connectivity index (χ1) is 10.7. The third-order valence-corrected chi connectivity index (χ3v) is 3.65. The number of allylic oxidation sites excluding steroid dienone is 1. The van der Waals surface area contributed by atoms with Crippen LogP contribution < -0.4 is 0 Å². The van der Waals surface area contributed by atoms with E-state index in [4.69, 9.17) is 9.15 Å². The summed E-state index contributed by atoms with van der Waals surface area (Å²) in [5, 5.41) is 3.23. The molecule has 22 heavy (non-hydrogen) atoms. The maximum absolute atomic E-state index is 11.8. The highest BCUT2D eigenvalue weighted by molar-refractivity contribution is 6.08. The van der Waals surface area contributed by atoms with Crippen molar-refractivity contribution >= 4 is 33.8 Å². The standard InChI is InChI=1S/C19H18O3/c1-3-5-13-6-8-16-14(10-13)7-9-17-19(16)15(12-22-17)11-18(20)21-4-2/h3,5-10,12H,4,11H2,1-2H3. The molecule has 0 spiro atoms. The van der Waals surface area contributed by atoms with E-state index < -0.39 is 0 Å². The number of rotatable bonds is 4. The van der Waals surface area contributed by atoms with Crippen molar-refractivity contribution in [3.63, 3.8) is 0 Å². The second kappa shape index (κ2) is 6.06. The van der Waals surface area contributed by atoms with Crippen LogP contribution in [0.25, 0.3) is 27.8 Å². The smallest absolute Gasteiger partial charge is 0.310 e. The monoisotopic (exact) mass is 294 g/mol. The van der Waals surface area contributed by atoms with Gasteiger partial charge in [-0.1, -0.05) is 30.4 Å². The topological polar surface area (TPSA) is 39.4 Å². The second-order valence-electron chi connectivity index (χ2n) is 5.16. The molecule has 0 amide bonds. The van der Waals surface area contributed by atoms with Crippen molar-refractivity contribution in [3.05, 3.63) is 53.8 Å². The molecule has 0 unspecified atom stereocenters. The summed E-state index contributed by atoms with van der Waals surface area (Å²) in [5.41, 5.74) is 2.83. The minimum absolute atomic E-state index is 0.229. The first-order valence-corrected chi connectivity index (χ1v) is 7.44. The third kappa shape index (κ3) is 2.62. The molecule has 1 heterocycles. The van der Waals surface area contributed by atoms with Gasteiger partial charge in [0.05, 0.1) is 19.3 Å². The fraction of sp³-hybridized carbons (Fsp3) is 0.211. The van der Waals surface area contributed by atoms with Crippen LogP contribution in [0.1, 0.15) is 25.0 Å². The number of esters is 1. The molecule has 1 aromatic heterocycles. The summed E-state index contributed by atoms with van der Waals surface area (Å²) in [6, 6.07) is 10.3. The Hall–Kier alpha value is -2.55. The molecule has 3 rings (SSSR count). The molecule has 3 nitrogen and oxygen atoms in total. The summed E-state index contributed by atoms with van der Waals surface area (Å²) < 4.78 is 10.6. The van der Waals surface area contributed by atoms with Crippen molar-refractivity contribution < 1.29 is 13.9 Å². The Balaban J connectivity index is 2.13. The minimum Gasteiger partial charge on any atom is -0.466 e. The highest BCUT2D eigenvalue weighted by Crippen LogP contribution is 2.31. The number of furan rings is 1. The Labute approximate surface area is 129 Å². The lowest BCUT2D eigenvalue weighted by atomic mass is 10.0. The van der Waals surface area contributed by atoms with Crippen LogP contribution in [0.3, 0.4) is 0 Å². The van der Waals surface area contributed by atoms with Crippen LogP contribution in [0.15, 0.2) is 47.1 Å². The normalized spacial score (nSPS) is 11.5. The van der Waals surface area contributed by atoms with Crippen LogP contribution >= 0.6 is 0 Å². The van der Waals surface area contributed by atoms with Gasteiger partial charge < -0.3 is 9.15 Å². The zero-order valence-corrected chi connectivity index (χ0v) is 12.8. The maximum Gasteiger partial charge on any atom is 0.310 e. The van der Waals surface area contributed by atoms with E-state index in [9.17, 15) is 4.79 Å². The highest BCUT2D eigenvalue weighted by Gasteiger charge is 2.13. The van der Waals surface area contributed by atoms with Gasteiger partial charge in [0.15, 0.2) is 0 Å². The lowest BCUT2D eigenvalue weighted by Gasteiger charge is -2.04. The molecule has 0 saturated heterocycles. The zero-order valence-electron chi connectivity index (χ0n) is 12.8. The average Bonchev–Trinajstić information content (AvgIpc) is 2.91. The SMILES string of the molecule is CC=Cc1ccc2c(ccc3occ(CC(=O)OCC)c32)c1. The van der Waals surface area contributed by atoms with Gasteiger partial charge in [0.25, 0.3) is 0 Å². The molecule has 0 fully saturated rings. The van der Waals surface area contributed by atoms with Crippen LogP contribution in [0.2, 0.25) is 0 Å². The Morgan fingerprint density at radius 2 is 2.14 bits per heavy atom. The minimum atomic E-state index is -0.229. The van der Waals surface area contributed by atoms with Gasteiger partial charge in [0.2, 0.25) is 0 Å². The quantitative estimate of drug-likeness (QED) is 0.653. The second-order valence-corrected chi connectivity index (χ2v) is 5.16. The molecular weight excluding hydrogens is 276 g/mol. The van der Waals surface area contributed by atoms with Crippen LogP contribution in [0.4, 0.5) is 0 Å². The lowest BCUT2D eigenvalue weighted by molar-refractivity contribution is -0.142. The summed E-state index contributed by atoms with van der Waals surface area (Å²) in [6.07, 6.45) is 5.97. The molecule has 112 valence electrons. The number of hydrogen-bond acceptors (Lipinski definition) is 3. The van der Waals surface area contributed by atoms with Gasteiger partial charge in [0.1, 0.15) is 5.58 Å². The van der Waals surface area contributed by atoms with Crippen LogP contribution in [-0.4, -0.2) is 12.6 Å². The summed E-state index contributed by atoms with van der Waals surface area (Å²) in [4.78, 5) is 11.8. The first-order valence-electron chi connectivity index (χ1n) is 7.44. The highest BCUT2D eigenvalue weighted by atomic mass is 16.5. The van der Waals surface area contributed by atoms with Gasteiger partial charge in [-0.15, -0.1) is 0 Å². The number of fused-ring (bicyclic) bond motifs is 3. The van der Waals surface area contributed by atoms with E-state index in [-0.39, 0.29) is 12.4 Å². The predicted molar refractivity (Wildman–Crippen MR) is 88.8 cm³/mol. The van der Waals surface area contributed by atoms with Crippen molar-refractivity contribution in [3.8, 4) is 0 Å². The van der Waals surface area contributed by atoms with Crippen LogP contribution in [0.5, 0.6) is 0 Å². The van der Waals surface area contributed by atoms with Gasteiger partial charge in [-0.25, -0.2) is 0 Å². The van der Waals surface area contributed by atoms with Crippen molar-refractivity contribution in [2.75, 3.05) is 6.61 Å². The van der Waals surface area contributed by atoms with E-state index in [0.29, 0.717) is 6.61 Å². The number of ether oxygens (including phenoxy) is 1. The molecule has 0 aliphatic heterocycles. The van der Waals surface area contributed by atoms with Crippen molar-refractivity contribution in [2.45, 2.75) is 20.3 Å². The zero-order chi connectivity index (χ0) is 15.5. The Kier molecular flexibility index (Phi) is 3.96. The summed E-state index contributed by atoms with van der Waals surface area (Å²) in [7, 11) is 0. The molecule has 0 atom stereocenters. The van der Waals surface area contributed by atoms with Crippen LogP contribution in [0, 0.1) is 0 Å². The van der Waals surface area contributed by atoms with E-state index in [1.165, 1.54) is 0 Å². The average molecular weight is 294 g/mol. The molecule has 2 aromatic carbocycles. The molecule has 3 aromatic rings. The Morgan fingerprint density at radius 1 is 1.27 bits per heavy atom. The number of benzene rings is 2. The van der Waals surface area contributed by atoms with E-state index in [0.717, 1.165) is 32.9 Å². The first kappa shape index (κ1) is 14.4. The molecule has 0 aliphatic carbocycles. The third-order valence-electron chi connectivity index (χ3n) is 3.65. The molecular formula is C19H18O3. The number of carbonyl (C=O) groups excluding carboxylic acids is 1. The molecule has 0 bridgehead atoms. The van der Waals surface area contributed by atoms with Gasteiger partial charge in [-0.2, -0.15) is 0 Å². The van der Waals surface area contributed by atoms with Gasteiger partial charge in [-0.05, 0) is 42.3 Å². The van der Waals surface area contributed by atoms with Gasteiger partial charge in [-0.3, -0.25) is 4.79 Å². The van der Waals surface area contributed by atoms with Crippen molar-refractivity contribution in [1.29, 1.82) is 0 Å². The molecule has 0 N–H and O–H groups in total. The Morgan fingerprint density at radius 3 is 2.91 bits per heavy atom. The molecule has 0 radical (unpaired) electrons. The summed E-state index contributed by atoms with van der Waals surface area (Å²) in [6.45, 7) is 4.20. The summed E-state index contributed by atoms with van der Waals surface area (Å²) in [5.74, 6) is -0.229. The van der Waals surface area contributed by atoms with E-state index in [1.54, 1.807) is 6.26 Å². The van der Waals surface area contributed by atoms with E-state index >= 15 is 0 Å². The van der Waals surface area contributed by atoms with Crippen molar-refractivity contribution in [1.82, 2.24) is 0 Å². The van der Waals surface area contributed by atoms with E-state index in [2.05, 4.69) is 24.3 Å². The lowest BCUT2D eigenvalue weighted by Crippen LogP contribution is -2.06. The fourth-order valence-corrected chi connectivity index (χ4v) is 2.74. The summed E-state index contributed by atoms with van der Waals surface area (Å²) >= 11 is 0. The fourth-order valence-electron chi connectivity index (χ4n) is 2.74. The van der Waals surface area contributed by atoms with Gasteiger partial charge >= 0.3 is 5.97 Å². The molecule has 3 heteroatoms. The Bertz CT molecular complexity index is 856. The van der Waals surface area contributed by atoms with E-state index in [1.807, 2.05) is 32.1 Å². The maximum atomic E-state index is 11.8. The number of hydrogen-bond donors (Lipinski definition) is 0. The molecule has 0 saturated carbocycles. The largest absolute Gasteiger partial charge is 0.466 e. The molecule has 0 aliphatic rings. The van der Waals surface area contributed by atoms with Gasteiger partial charge in [0, 0.05) is 10.9 Å². The van der Waals surface area contributed by atoms with Crippen LogP contribution in [-0.2, 0) is 16.0 Å². The predicted octanol–water partition coefficient (Wildman–Crippen LogP) is 4.72. The number of carbonyl (C=O) groups is 1.